The van der Waals surface area contributed by atoms with Crippen molar-refractivity contribution in [2.24, 2.45) is 0 Å². The average Bonchev–Trinajstić information content (AvgIpc) is 2.88. The second-order valence-corrected chi connectivity index (χ2v) is 9.70. The number of halogens is 3. The van der Waals surface area contributed by atoms with Crippen LogP contribution in [0.3, 0.4) is 0 Å². The highest BCUT2D eigenvalue weighted by Crippen LogP contribution is 2.35. The number of nitrogens with one attached hydrogen (secondary N) is 3. The monoisotopic (exact) mass is 564 g/mol. The standard InChI is InChI=1S/C25H29F3N6O2S.C2H6/c1-15(2)31-20-10-9-18(12-22(20)36-5)32-24-30-14-19(25(26,27)28)23(33-24)29-13-17-8-7-16(3)11-21(17)34(4)37(6)35;1-2/h7-12,14,31H,1,13H2,2-6H3,(H2,29,30,32,33);1-2H3. The molecular weight excluding hydrogens is 529 g/mol. The van der Waals surface area contributed by atoms with E-state index in [1.54, 1.807) is 42.5 Å². The number of benzene rings is 2. The van der Waals surface area contributed by atoms with Crippen molar-refractivity contribution in [2.75, 3.05) is 40.7 Å². The zero-order chi connectivity index (χ0) is 29.3. The molecule has 3 rings (SSSR count). The minimum Gasteiger partial charge on any atom is -0.494 e. The number of aromatic nitrogens is 2. The third kappa shape index (κ3) is 8.60. The number of rotatable bonds is 10. The lowest BCUT2D eigenvalue weighted by Crippen LogP contribution is -2.21. The Kier molecular flexibility index (Phi) is 11.1. The number of hydrogen-bond acceptors (Lipinski definition) is 7. The summed E-state index contributed by atoms with van der Waals surface area (Å²) >= 11 is 0. The van der Waals surface area contributed by atoms with Crippen molar-refractivity contribution in [3.8, 4) is 5.75 Å². The van der Waals surface area contributed by atoms with Gasteiger partial charge in [0.15, 0.2) is 0 Å². The molecule has 1 aromatic heterocycles. The Morgan fingerprint density at radius 1 is 1.18 bits per heavy atom. The van der Waals surface area contributed by atoms with Crippen molar-refractivity contribution in [1.82, 2.24) is 9.97 Å². The molecule has 0 saturated carbocycles. The normalized spacial score (nSPS) is 11.5. The zero-order valence-electron chi connectivity index (χ0n) is 23.2. The van der Waals surface area contributed by atoms with Gasteiger partial charge in [-0.25, -0.2) is 9.19 Å². The molecule has 0 bridgehead atoms. The Morgan fingerprint density at radius 2 is 1.87 bits per heavy atom. The van der Waals surface area contributed by atoms with Gasteiger partial charge in [-0.05, 0) is 43.2 Å². The summed E-state index contributed by atoms with van der Waals surface area (Å²) in [5, 5.41) is 8.78. The summed E-state index contributed by atoms with van der Waals surface area (Å²) in [5.41, 5.74) is 3.15. The van der Waals surface area contributed by atoms with Crippen LogP contribution in [0.5, 0.6) is 5.75 Å². The third-order valence-corrected chi connectivity index (χ3v) is 6.28. The predicted octanol–water partition coefficient (Wildman–Crippen LogP) is 6.87. The van der Waals surface area contributed by atoms with E-state index >= 15 is 0 Å². The number of alkyl halides is 3. The molecule has 3 aromatic rings. The Morgan fingerprint density at radius 3 is 2.46 bits per heavy atom. The van der Waals surface area contributed by atoms with Gasteiger partial charge in [-0.2, -0.15) is 18.2 Å². The first-order chi connectivity index (χ1) is 18.4. The molecule has 0 aliphatic rings. The molecule has 0 saturated heterocycles. The lowest BCUT2D eigenvalue weighted by atomic mass is 10.1. The first-order valence-corrected chi connectivity index (χ1v) is 13.6. The number of anilines is 5. The van der Waals surface area contributed by atoms with E-state index in [4.69, 9.17) is 4.74 Å². The molecule has 0 radical (unpaired) electrons. The Balaban J connectivity index is 0.00000260. The highest BCUT2D eigenvalue weighted by molar-refractivity contribution is 7.85. The highest BCUT2D eigenvalue weighted by atomic mass is 32.2. The maximum absolute atomic E-state index is 13.7. The van der Waals surface area contributed by atoms with Crippen molar-refractivity contribution >= 4 is 39.8 Å². The van der Waals surface area contributed by atoms with E-state index in [1.165, 1.54) is 13.4 Å². The van der Waals surface area contributed by atoms with Crippen molar-refractivity contribution in [1.29, 1.82) is 0 Å². The second kappa shape index (κ2) is 13.8. The van der Waals surface area contributed by atoms with Crippen LogP contribution in [-0.2, 0) is 23.7 Å². The van der Waals surface area contributed by atoms with Gasteiger partial charge in [-0.1, -0.05) is 32.6 Å². The fourth-order valence-corrected chi connectivity index (χ4v) is 3.90. The van der Waals surface area contributed by atoms with Crippen molar-refractivity contribution in [2.45, 2.75) is 40.4 Å². The number of ether oxygens (including phenoxy) is 1. The first kappa shape index (κ1) is 31.4. The van der Waals surface area contributed by atoms with Crippen LogP contribution in [0.25, 0.3) is 0 Å². The lowest BCUT2D eigenvalue weighted by Gasteiger charge is -2.21. The number of aryl methyl sites for hydroxylation is 1. The summed E-state index contributed by atoms with van der Waals surface area (Å²) in [6.07, 6.45) is -2.41. The molecule has 1 unspecified atom stereocenters. The molecule has 1 heterocycles. The second-order valence-electron chi connectivity index (χ2n) is 8.31. The van der Waals surface area contributed by atoms with E-state index in [0.717, 1.165) is 11.8 Å². The molecule has 0 aliphatic heterocycles. The van der Waals surface area contributed by atoms with Gasteiger partial charge in [0.1, 0.15) is 28.1 Å². The van der Waals surface area contributed by atoms with Crippen LogP contribution >= 0.6 is 0 Å². The van der Waals surface area contributed by atoms with Gasteiger partial charge in [0.05, 0.1) is 18.5 Å². The quantitative estimate of drug-likeness (QED) is 0.248. The van der Waals surface area contributed by atoms with Crippen LogP contribution in [0.4, 0.5) is 42.0 Å². The van der Waals surface area contributed by atoms with Crippen LogP contribution in [0.1, 0.15) is 37.5 Å². The van der Waals surface area contributed by atoms with Crippen molar-refractivity contribution < 1.29 is 22.1 Å². The molecule has 8 nitrogen and oxygen atoms in total. The van der Waals surface area contributed by atoms with Gasteiger partial charge in [-0.15, -0.1) is 0 Å². The Hall–Kier alpha value is -3.80. The summed E-state index contributed by atoms with van der Waals surface area (Å²) in [6.45, 7) is 11.5. The van der Waals surface area contributed by atoms with Gasteiger partial charge < -0.3 is 20.7 Å². The van der Waals surface area contributed by atoms with Crippen LogP contribution in [0.2, 0.25) is 0 Å². The van der Waals surface area contributed by atoms with Gasteiger partial charge in [-0.3, -0.25) is 4.31 Å². The number of allylic oxidation sites excluding steroid dienone is 1. The lowest BCUT2D eigenvalue weighted by molar-refractivity contribution is -0.137. The average molecular weight is 565 g/mol. The van der Waals surface area contributed by atoms with Gasteiger partial charge in [0.25, 0.3) is 0 Å². The summed E-state index contributed by atoms with van der Waals surface area (Å²) in [4.78, 5) is 7.97. The molecule has 1 atom stereocenters. The van der Waals surface area contributed by atoms with E-state index in [-0.39, 0.29) is 18.3 Å². The first-order valence-electron chi connectivity index (χ1n) is 12.1. The number of hydrogen-bond donors (Lipinski definition) is 3. The predicted molar refractivity (Wildman–Crippen MR) is 154 cm³/mol. The van der Waals surface area contributed by atoms with Gasteiger partial charge in [0.2, 0.25) is 5.95 Å². The minimum absolute atomic E-state index is 0.0196. The fraction of sp³-hybridized carbons (Fsp3) is 0.333. The number of methoxy groups -OCH3 is 1. The van der Waals surface area contributed by atoms with E-state index in [2.05, 4.69) is 32.5 Å². The van der Waals surface area contributed by atoms with Crippen molar-refractivity contribution in [3.63, 3.8) is 0 Å². The Bertz CT molecular complexity index is 1320. The van der Waals surface area contributed by atoms with Gasteiger partial charge in [0, 0.05) is 43.5 Å². The minimum atomic E-state index is -4.67. The molecule has 212 valence electrons. The molecule has 0 amide bonds. The topological polar surface area (TPSA) is 91.4 Å². The summed E-state index contributed by atoms with van der Waals surface area (Å²) in [6, 6.07) is 10.6. The fourth-order valence-electron chi connectivity index (χ4n) is 3.45. The molecule has 0 fully saturated rings. The smallest absolute Gasteiger partial charge is 0.421 e. The summed E-state index contributed by atoms with van der Waals surface area (Å²) in [5.74, 6) is 0.0843. The summed E-state index contributed by atoms with van der Waals surface area (Å²) < 4.78 is 60.1. The molecule has 39 heavy (non-hydrogen) atoms. The van der Waals surface area contributed by atoms with Gasteiger partial charge >= 0.3 is 6.18 Å². The van der Waals surface area contributed by atoms with Crippen LogP contribution < -0.4 is 25.0 Å². The maximum Gasteiger partial charge on any atom is 0.421 e. The van der Waals surface area contributed by atoms with Crippen LogP contribution in [-0.4, -0.2) is 34.6 Å². The van der Waals surface area contributed by atoms with E-state index < -0.39 is 22.7 Å². The maximum atomic E-state index is 13.7. The number of nitrogens with zero attached hydrogens (tertiary/aromatic N) is 3. The third-order valence-electron chi connectivity index (χ3n) is 5.31. The molecule has 0 spiro atoms. The molecular formula is C27H35F3N6O2S. The zero-order valence-corrected chi connectivity index (χ0v) is 24.0. The SMILES string of the molecule is C=C(C)Nc1ccc(Nc2ncc(C(F)(F)F)c(NCc3ccc(C)cc3N(C)S(C)=O)n2)cc1OC.CC. The van der Waals surface area contributed by atoms with E-state index in [0.29, 0.717) is 34.1 Å². The molecule has 3 N–H and O–H groups in total. The van der Waals surface area contributed by atoms with Crippen LogP contribution in [0.15, 0.2) is 54.9 Å². The largest absolute Gasteiger partial charge is 0.494 e. The molecule has 12 heteroatoms. The molecule has 2 aromatic carbocycles. The molecule has 0 aliphatic carbocycles. The Labute approximate surface area is 230 Å². The van der Waals surface area contributed by atoms with Crippen molar-refractivity contribution in [3.05, 3.63) is 71.6 Å². The van der Waals surface area contributed by atoms with E-state index in [9.17, 15) is 17.4 Å². The highest BCUT2D eigenvalue weighted by Gasteiger charge is 2.35. The van der Waals surface area contributed by atoms with E-state index in [1.807, 2.05) is 32.9 Å². The summed E-state index contributed by atoms with van der Waals surface area (Å²) in [7, 11) is 1.85. The van der Waals surface area contributed by atoms with Crippen LogP contribution in [0, 0.1) is 6.92 Å².